The molecule has 0 spiro atoms. The SMILES string of the molecule is CCCCCCCCCCC/C=C/CCC1N=CCN1C(C)O. The maximum absolute atomic E-state index is 9.65. The Morgan fingerprint density at radius 1 is 1.04 bits per heavy atom. The normalized spacial score (nSPS) is 19.9. The van der Waals surface area contributed by atoms with Crippen molar-refractivity contribution >= 4 is 6.21 Å². The summed E-state index contributed by atoms with van der Waals surface area (Å²) in [6, 6.07) is 0. The van der Waals surface area contributed by atoms with Gasteiger partial charge in [0.1, 0.15) is 12.4 Å². The topological polar surface area (TPSA) is 35.8 Å². The molecular formula is C20H38N2O. The highest BCUT2D eigenvalue weighted by molar-refractivity contribution is 5.62. The molecule has 2 atom stereocenters. The maximum atomic E-state index is 9.65. The zero-order valence-electron chi connectivity index (χ0n) is 15.4. The van der Waals surface area contributed by atoms with E-state index >= 15 is 0 Å². The van der Waals surface area contributed by atoms with Crippen LogP contribution in [0.1, 0.15) is 90.9 Å². The molecule has 3 heteroatoms. The minimum atomic E-state index is -0.395. The van der Waals surface area contributed by atoms with Gasteiger partial charge in [0.2, 0.25) is 0 Å². The number of hydrogen-bond acceptors (Lipinski definition) is 3. The summed E-state index contributed by atoms with van der Waals surface area (Å²) in [6.07, 6.45) is 22.2. The van der Waals surface area contributed by atoms with Crippen molar-refractivity contribution in [2.24, 2.45) is 4.99 Å². The van der Waals surface area contributed by atoms with Crippen LogP contribution >= 0.6 is 0 Å². The molecule has 0 aliphatic carbocycles. The van der Waals surface area contributed by atoms with Crippen molar-refractivity contribution in [3.8, 4) is 0 Å². The molecule has 23 heavy (non-hydrogen) atoms. The maximum Gasteiger partial charge on any atom is 0.106 e. The molecule has 0 fully saturated rings. The van der Waals surface area contributed by atoms with Crippen LogP contribution in [-0.2, 0) is 0 Å². The zero-order valence-corrected chi connectivity index (χ0v) is 15.4. The first kappa shape index (κ1) is 20.4. The van der Waals surface area contributed by atoms with E-state index in [1.165, 1.54) is 64.2 Å². The average Bonchev–Trinajstić information content (AvgIpc) is 3.00. The lowest BCUT2D eigenvalue weighted by Gasteiger charge is -2.25. The van der Waals surface area contributed by atoms with Crippen LogP contribution in [0.3, 0.4) is 0 Å². The van der Waals surface area contributed by atoms with E-state index in [0.29, 0.717) is 0 Å². The Balaban J connectivity index is 1.88. The third kappa shape index (κ3) is 9.93. The lowest BCUT2D eigenvalue weighted by molar-refractivity contribution is 0.00797. The molecule has 0 bridgehead atoms. The molecule has 0 aromatic carbocycles. The standard InChI is InChI=1S/C20H38N2O/c1-3-4-5-6-7-8-9-10-11-12-13-14-15-16-20-21-17-18-22(20)19(2)23/h13-14,17,19-20,23H,3-12,15-16,18H2,1-2H3/b14-13+. The molecule has 3 nitrogen and oxygen atoms in total. The molecule has 0 amide bonds. The van der Waals surface area contributed by atoms with Gasteiger partial charge in [0, 0.05) is 12.8 Å². The van der Waals surface area contributed by atoms with Crippen molar-refractivity contribution in [1.82, 2.24) is 4.90 Å². The van der Waals surface area contributed by atoms with Gasteiger partial charge in [0.25, 0.3) is 0 Å². The van der Waals surface area contributed by atoms with Crippen molar-refractivity contribution in [2.75, 3.05) is 6.54 Å². The Kier molecular flexibility index (Phi) is 12.2. The first-order valence-corrected chi connectivity index (χ1v) is 9.86. The van der Waals surface area contributed by atoms with Crippen molar-refractivity contribution in [2.45, 2.75) is 103 Å². The van der Waals surface area contributed by atoms with Crippen LogP contribution in [0.15, 0.2) is 17.1 Å². The molecule has 0 saturated heterocycles. The van der Waals surface area contributed by atoms with Gasteiger partial charge in [-0.2, -0.15) is 0 Å². The smallest absolute Gasteiger partial charge is 0.106 e. The molecular weight excluding hydrogens is 284 g/mol. The molecule has 0 aromatic heterocycles. The minimum absolute atomic E-state index is 0.173. The van der Waals surface area contributed by atoms with Gasteiger partial charge in [-0.1, -0.05) is 70.4 Å². The second-order valence-corrected chi connectivity index (χ2v) is 6.81. The van der Waals surface area contributed by atoms with E-state index in [0.717, 1.165) is 19.4 Å². The highest BCUT2D eigenvalue weighted by Crippen LogP contribution is 2.15. The Labute approximate surface area is 143 Å². The van der Waals surface area contributed by atoms with E-state index in [9.17, 15) is 5.11 Å². The Hall–Kier alpha value is -0.670. The van der Waals surface area contributed by atoms with Gasteiger partial charge in [0.15, 0.2) is 0 Å². The van der Waals surface area contributed by atoms with Gasteiger partial charge in [-0.25, -0.2) is 0 Å². The molecule has 1 rings (SSSR count). The Morgan fingerprint density at radius 2 is 1.65 bits per heavy atom. The van der Waals surface area contributed by atoms with Crippen LogP contribution in [0.5, 0.6) is 0 Å². The second kappa shape index (κ2) is 13.7. The molecule has 1 aliphatic rings. The van der Waals surface area contributed by atoms with Crippen molar-refractivity contribution in [1.29, 1.82) is 0 Å². The molecule has 1 N–H and O–H groups in total. The Bertz CT molecular complexity index is 326. The predicted molar refractivity (Wildman–Crippen MR) is 101 cm³/mol. The lowest BCUT2D eigenvalue weighted by Crippen LogP contribution is -2.37. The van der Waals surface area contributed by atoms with E-state index in [2.05, 4.69) is 24.1 Å². The zero-order chi connectivity index (χ0) is 16.8. The summed E-state index contributed by atoms with van der Waals surface area (Å²) in [5.41, 5.74) is 0. The number of aliphatic imine (C=N–C) groups is 1. The van der Waals surface area contributed by atoms with Crippen molar-refractivity contribution in [3.05, 3.63) is 12.2 Å². The van der Waals surface area contributed by atoms with E-state index < -0.39 is 6.23 Å². The van der Waals surface area contributed by atoms with Gasteiger partial charge in [0.05, 0.1) is 0 Å². The number of rotatable bonds is 14. The van der Waals surface area contributed by atoms with E-state index in [4.69, 9.17) is 0 Å². The quantitative estimate of drug-likeness (QED) is 0.348. The molecule has 1 aliphatic heterocycles. The number of unbranched alkanes of at least 4 members (excludes halogenated alkanes) is 9. The highest BCUT2D eigenvalue weighted by Gasteiger charge is 2.23. The fourth-order valence-electron chi connectivity index (χ4n) is 3.17. The first-order valence-electron chi connectivity index (χ1n) is 9.86. The van der Waals surface area contributed by atoms with Gasteiger partial charge in [-0.15, -0.1) is 0 Å². The monoisotopic (exact) mass is 322 g/mol. The van der Waals surface area contributed by atoms with Crippen LogP contribution in [0.25, 0.3) is 0 Å². The van der Waals surface area contributed by atoms with E-state index in [1.54, 1.807) is 0 Å². The van der Waals surface area contributed by atoms with Crippen LogP contribution in [0.2, 0.25) is 0 Å². The average molecular weight is 323 g/mol. The molecule has 134 valence electrons. The van der Waals surface area contributed by atoms with E-state index in [-0.39, 0.29) is 6.17 Å². The summed E-state index contributed by atoms with van der Waals surface area (Å²) in [5.74, 6) is 0. The second-order valence-electron chi connectivity index (χ2n) is 6.81. The summed E-state index contributed by atoms with van der Waals surface area (Å²) in [4.78, 5) is 6.48. The van der Waals surface area contributed by atoms with Crippen molar-refractivity contribution in [3.63, 3.8) is 0 Å². The molecule has 0 saturated carbocycles. The lowest BCUT2D eigenvalue weighted by atomic mass is 10.1. The summed E-state index contributed by atoms with van der Waals surface area (Å²) < 4.78 is 0. The molecule has 0 radical (unpaired) electrons. The van der Waals surface area contributed by atoms with Gasteiger partial charge in [-0.3, -0.25) is 9.89 Å². The fourth-order valence-corrected chi connectivity index (χ4v) is 3.17. The van der Waals surface area contributed by atoms with Gasteiger partial charge in [-0.05, 0) is 32.6 Å². The van der Waals surface area contributed by atoms with Crippen LogP contribution < -0.4 is 0 Å². The van der Waals surface area contributed by atoms with Crippen LogP contribution in [0.4, 0.5) is 0 Å². The largest absolute Gasteiger partial charge is 0.379 e. The van der Waals surface area contributed by atoms with Crippen LogP contribution in [-0.4, -0.2) is 35.2 Å². The Morgan fingerprint density at radius 3 is 2.30 bits per heavy atom. The molecule has 2 unspecified atom stereocenters. The number of aliphatic hydroxyl groups is 1. The molecule has 0 aromatic rings. The van der Waals surface area contributed by atoms with E-state index in [1.807, 2.05) is 18.0 Å². The minimum Gasteiger partial charge on any atom is -0.379 e. The van der Waals surface area contributed by atoms with Crippen LogP contribution in [0, 0.1) is 0 Å². The molecule has 1 heterocycles. The number of nitrogens with zero attached hydrogens (tertiary/aromatic N) is 2. The summed E-state index contributed by atoms with van der Waals surface area (Å²) in [7, 11) is 0. The van der Waals surface area contributed by atoms with Crippen molar-refractivity contribution < 1.29 is 5.11 Å². The summed E-state index contributed by atoms with van der Waals surface area (Å²) >= 11 is 0. The fraction of sp³-hybridized carbons (Fsp3) is 0.850. The number of aliphatic hydroxyl groups excluding tert-OH is 1. The van der Waals surface area contributed by atoms with Gasteiger partial charge < -0.3 is 5.11 Å². The first-order chi connectivity index (χ1) is 11.3. The predicted octanol–water partition coefficient (Wildman–Crippen LogP) is 5.29. The summed E-state index contributed by atoms with van der Waals surface area (Å²) in [5, 5.41) is 9.65. The number of allylic oxidation sites excluding steroid dienone is 2. The summed E-state index contributed by atoms with van der Waals surface area (Å²) in [6.45, 7) is 4.88. The number of hydrogen-bond donors (Lipinski definition) is 1. The highest BCUT2D eigenvalue weighted by atomic mass is 16.3. The third-order valence-corrected chi connectivity index (χ3v) is 4.67. The van der Waals surface area contributed by atoms with Gasteiger partial charge >= 0.3 is 0 Å². The third-order valence-electron chi connectivity index (χ3n) is 4.67.